The van der Waals surface area contributed by atoms with Gasteiger partial charge in [-0.2, -0.15) is 0 Å². The molecule has 0 aromatic rings. The number of unbranched alkanes of at least 4 members (excludes halogenated alkanes) is 7. The Bertz CT molecular complexity index is 439. The molecule has 0 aliphatic carbocycles. The Morgan fingerprint density at radius 1 is 1.13 bits per heavy atom. The van der Waals surface area contributed by atoms with Gasteiger partial charge in [0.2, 0.25) is 5.91 Å². The van der Waals surface area contributed by atoms with E-state index in [2.05, 4.69) is 18.8 Å². The summed E-state index contributed by atoms with van der Waals surface area (Å²) in [5.74, 6) is -1.04. The standard InChI is InChI=1S/C16H31NO4S.Na/c1-4-6-7-8-9-10-11-12-13-16(3,14-22(19,20)21)17-15(18)5-2;/h5H,2,4,6-14H2,1,3H3,(H,17,18)(H,19,20,21);/q;+1/p-1. The Kier molecular flexibility index (Phi) is 14.8. The normalized spacial score (nSPS) is 13.7. The third kappa shape index (κ3) is 15.4. The summed E-state index contributed by atoms with van der Waals surface area (Å²) in [7, 11) is -4.39. The largest absolute Gasteiger partial charge is 1.00 e. The molecule has 0 saturated heterocycles. The van der Waals surface area contributed by atoms with Crippen molar-refractivity contribution < 1.29 is 47.3 Å². The molecule has 0 saturated carbocycles. The van der Waals surface area contributed by atoms with E-state index in [1.165, 1.54) is 32.1 Å². The van der Waals surface area contributed by atoms with Crippen LogP contribution in [0.1, 0.15) is 71.6 Å². The van der Waals surface area contributed by atoms with E-state index in [1.807, 2.05) is 0 Å². The molecule has 1 N–H and O–H groups in total. The van der Waals surface area contributed by atoms with Crippen molar-refractivity contribution >= 4 is 16.0 Å². The van der Waals surface area contributed by atoms with Crippen molar-refractivity contribution in [1.29, 1.82) is 0 Å². The molecule has 0 spiro atoms. The van der Waals surface area contributed by atoms with Gasteiger partial charge in [0, 0.05) is 0 Å². The van der Waals surface area contributed by atoms with Gasteiger partial charge < -0.3 is 9.87 Å². The van der Waals surface area contributed by atoms with Gasteiger partial charge in [-0.3, -0.25) is 4.79 Å². The summed E-state index contributed by atoms with van der Waals surface area (Å²) < 4.78 is 33.1. The van der Waals surface area contributed by atoms with E-state index in [-0.39, 0.29) is 29.6 Å². The minimum Gasteiger partial charge on any atom is -0.748 e. The Hall–Kier alpha value is 0.120. The minimum absolute atomic E-state index is 0. The van der Waals surface area contributed by atoms with E-state index in [4.69, 9.17) is 0 Å². The van der Waals surface area contributed by atoms with Crippen LogP contribution in [-0.4, -0.2) is 30.2 Å². The van der Waals surface area contributed by atoms with Crippen LogP contribution in [0.15, 0.2) is 12.7 Å². The second-order valence-corrected chi connectivity index (χ2v) is 7.58. The maximum atomic E-state index is 11.4. The smallest absolute Gasteiger partial charge is 0.748 e. The van der Waals surface area contributed by atoms with Gasteiger partial charge in [0.05, 0.1) is 21.4 Å². The van der Waals surface area contributed by atoms with Gasteiger partial charge in [0.25, 0.3) is 0 Å². The number of hydrogen-bond donors (Lipinski definition) is 1. The van der Waals surface area contributed by atoms with Crippen molar-refractivity contribution in [3.05, 3.63) is 12.7 Å². The molecule has 0 aromatic carbocycles. The van der Waals surface area contributed by atoms with E-state index in [0.717, 1.165) is 25.3 Å². The van der Waals surface area contributed by atoms with Gasteiger partial charge in [-0.1, -0.05) is 64.9 Å². The van der Waals surface area contributed by atoms with Crippen molar-refractivity contribution in [3.8, 4) is 0 Å². The first kappa shape index (κ1) is 25.4. The van der Waals surface area contributed by atoms with Crippen molar-refractivity contribution in [1.82, 2.24) is 5.32 Å². The predicted molar refractivity (Wildman–Crippen MR) is 88.5 cm³/mol. The molecule has 0 aromatic heterocycles. The van der Waals surface area contributed by atoms with E-state index < -0.39 is 27.3 Å². The molecular weight excluding hydrogens is 325 g/mol. The topological polar surface area (TPSA) is 86.3 Å². The maximum Gasteiger partial charge on any atom is 1.00 e. The van der Waals surface area contributed by atoms with Gasteiger partial charge in [-0.05, 0) is 19.4 Å². The van der Waals surface area contributed by atoms with Gasteiger partial charge in [0.15, 0.2) is 0 Å². The van der Waals surface area contributed by atoms with Crippen molar-refractivity contribution in [3.63, 3.8) is 0 Å². The second-order valence-electron chi connectivity index (χ2n) is 6.18. The van der Waals surface area contributed by atoms with Crippen molar-refractivity contribution in [2.75, 3.05) is 5.75 Å². The Morgan fingerprint density at radius 3 is 2.04 bits per heavy atom. The van der Waals surface area contributed by atoms with Crippen LogP contribution in [0.25, 0.3) is 0 Å². The maximum absolute atomic E-state index is 11.4. The Morgan fingerprint density at radius 2 is 1.61 bits per heavy atom. The van der Waals surface area contributed by atoms with E-state index in [9.17, 15) is 17.8 Å². The third-order valence-electron chi connectivity index (χ3n) is 3.69. The van der Waals surface area contributed by atoms with Crippen LogP contribution in [0, 0.1) is 0 Å². The molecule has 5 nitrogen and oxygen atoms in total. The van der Waals surface area contributed by atoms with Crippen LogP contribution in [-0.2, 0) is 14.9 Å². The number of hydrogen-bond acceptors (Lipinski definition) is 4. The summed E-state index contributed by atoms with van der Waals surface area (Å²) in [6.07, 6.45) is 10.6. The molecule has 1 unspecified atom stereocenters. The molecule has 23 heavy (non-hydrogen) atoms. The SMILES string of the molecule is C=CC(=O)NC(C)(CCCCCCCCCC)CS(=O)(=O)[O-].[Na+]. The molecule has 1 atom stereocenters. The molecule has 130 valence electrons. The molecule has 0 rings (SSSR count). The average molecular weight is 355 g/mol. The van der Waals surface area contributed by atoms with Crippen LogP contribution in [0.4, 0.5) is 0 Å². The molecule has 0 fully saturated rings. The monoisotopic (exact) mass is 355 g/mol. The number of carbonyl (C=O) groups is 1. The number of nitrogens with one attached hydrogen (secondary N) is 1. The zero-order chi connectivity index (χ0) is 17.1. The summed E-state index contributed by atoms with van der Waals surface area (Å²) in [6, 6.07) is 0. The summed E-state index contributed by atoms with van der Waals surface area (Å²) >= 11 is 0. The first-order valence-electron chi connectivity index (χ1n) is 8.10. The summed E-state index contributed by atoms with van der Waals surface area (Å²) in [5.41, 5.74) is -1.02. The molecule has 7 heteroatoms. The molecule has 1 amide bonds. The van der Waals surface area contributed by atoms with E-state index >= 15 is 0 Å². The fraction of sp³-hybridized carbons (Fsp3) is 0.812. The second kappa shape index (κ2) is 13.4. The van der Waals surface area contributed by atoms with Crippen LogP contribution in [0.3, 0.4) is 0 Å². The minimum atomic E-state index is -4.39. The fourth-order valence-corrected chi connectivity index (χ4v) is 3.56. The van der Waals surface area contributed by atoms with Crippen LogP contribution in [0.2, 0.25) is 0 Å². The third-order valence-corrected chi connectivity index (χ3v) is 4.68. The van der Waals surface area contributed by atoms with E-state index in [0.29, 0.717) is 6.42 Å². The Labute approximate surface area is 163 Å². The molecule has 0 radical (unpaired) electrons. The summed E-state index contributed by atoms with van der Waals surface area (Å²) in [4.78, 5) is 11.4. The zero-order valence-corrected chi connectivity index (χ0v) is 17.7. The Balaban J connectivity index is 0. The number of carbonyl (C=O) groups excluding carboxylic acids is 1. The van der Waals surface area contributed by atoms with Crippen molar-refractivity contribution in [2.45, 2.75) is 77.2 Å². The van der Waals surface area contributed by atoms with Crippen LogP contribution in [0.5, 0.6) is 0 Å². The zero-order valence-electron chi connectivity index (χ0n) is 14.9. The van der Waals surface area contributed by atoms with Gasteiger partial charge in [0.1, 0.15) is 0 Å². The fourth-order valence-electron chi connectivity index (χ4n) is 2.56. The van der Waals surface area contributed by atoms with Gasteiger partial charge >= 0.3 is 29.6 Å². The van der Waals surface area contributed by atoms with E-state index in [1.54, 1.807) is 6.92 Å². The van der Waals surface area contributed by atoms with Crippen LogP contribution >= 0.6 is 0 Å². The molecular formula is C16H30NNaO4S. The molecule has 0 bridgehead atoms. The average Bonchev–Trinajstić information content (AvgIpc) is 2.39. The number of amides is 1. The molecule has 0 aliphatic heterocycles. The van der Waals surface area contributed by atoms with Crippen LogP contribution < -0.4 is 34.9 Å². The van der Waals surface area contributed by atoms with Crippen molar-refractivity contribution in [2.24, 2.45) is 0 Å². The molecule has 0 aliphatic rings. The first-order valence-corrected chi connectivity index (χ1v) is 9.68. The first-order chi connectivity index (χ1) is 10.2. The quantitative estimate of drug-likeness (QED) is 0.220. The molecule has 0 heterocycles. The van der Waals surface area contributed by atoms with Gasteiger partial charge in [-0.15, -0.1) is 0 Å². The predicted octanol–water partition coefficient (Wildman–Crippen LogP) is 0.127. The summed E-state index contributed by atoms with van der Waals surface area (Å²) in [6.45, 7) is 7.13. The number of rotatable bonds is 13. The van der Waals surface area contributed by atoms with Gasteiger partial charge in [-0.25, -0.2) is 8.42 Å². The summed E-state index contributed by atoms with van der Waals surface area (Å²) in [5, 5.41) is 2.58.